The van der Waals surface area contributed by atoms with Gasteiger partial charge in [-0.3, -0.25) is 4.90 Å². The van der Waals surface area contributed by atoms with E-state index in [-0.39, 0.29) is 6.29 Å². The van der Waals surface area contributed by atoms with Crippen molar-refractivity contribution < 1.29 is 9.47 Å². The van der Waals surface area contributed by atoms with E-state index in [1.165, 1.54) is 0 Å². The topological polar surface area (TPSA) is 21.7 Å². The number of hydrogen-bond acceptors (Lipinski definition) is 3. The fraction of sp³-hybridized carbons (Fsp3) is 0.667. The van der Waals surface area contributed by atoms with Gasteiger partial charge in [0.1, 0.15) is 0 Å². The van der Waals surface area contributed by atoms with Gasteiger partial charge in [-0.05, 0) is 13.8 Å². The Morgan fingerprint density at radius 2 is 1.53 bits per heavy atom. The number of hydrogen-bond donors (Lipinski definition) is 0. The average molecular weight is 209 g/mol. The third kappa shape index (κ3) is 6.99. The van der Waals surface area contributed by atoms with Gasteiger partial charge in [0.2, 0.25) is 0 Å². The van der Waals surface area contributed by atoms with Gasteiger partial charge < -0.3 is 9.47 Å². The van der Waals surface area contributed by atoms with Crippen LogP contribution in [0.3, 0.4) is 0 Å². The number of rotatable bonds is 8. The van der Waals surface area contributed by atoms with Crippen molar-refractivity contribution in [3.8, 4) is 24.7 Å². The standard InChI is InChI=1S/C12H19NO2/c1-5-9-13(10-6-2)11-12(14-7-3)15-8-4/h1-2,12H,7-11H2,3-4H3. The fourth-order valence-electron chi connectivity index (χ4n) is 1.18. The van der Waals surface area contributed by atoms with Crippen LogP contribution in [0.15, 0.2) is 0 Å². The summed E-state index contributed by atoms with van der Waals surface area (Å²) < 4.78 is 10.8. The van der Waals surface area contributed by atoms with E-state index in [0.717, 1.165) is 0 Å². The number of ether oxygens (including phenoxy) is 2. The summed E-state index contributed by atoms with van der Waals surface area (Å²) in [6.07, 6.45) is 10.2. The van der Waals surface area contributed by atoms with Crippen LogP contribution in [0, 0.1) is 24.7 Å². The van der Waals surface area contributed by atoms with Gasteiger partial charge in [-0.15, -0.1) is 12.8 Å². The van der Waals surface area contributed by atoms with Crippen LogP contribution in [0.4, 0.5) is 0 Å². The molecule has 0 aliphatic rings. The highest BCUT2D eigenvalue weighted by Crippen LogP contribution is 1.99. The van der Waals surface area contributed by atoms with Gasteiger partial charge in [0.05, 0.1) is 19.6 Å². The molecule has 0 spiro atoms. The van der Waals surface area contributed by atoms with E-state index in [9.17, 15) is 0 Å². The van der Waals surface area contributed by atoms with E-state index in [1.54, 1.807) is 0 Å². The van der Waals surface area contributed by atoms with Gasteiger partial charge in [0.15, 0.2) is 6.29 Å². The predicted molar refractivity (Wildman–Crippen MR) is 61.1 cm³/mol. The third-order valence-corrected chi connectivity index (χ3v) is 1.74. The summed E-state index contributed by atoms with van der Waals surface area (Å²) in [7, 11) is 0. The van der Waals surface area contributed by atoms with E-state index < -0.39 is 0 Å². The van der Waals surface area contributed by atoms with E-state index in [0.29, 0.717) is 32.8 Å². The summed E-state index contributed by atoms with van der Waals surface area (Å²) >= 11 is 0. The lowest BCUT2D eigenvalue weighted by Crippen LogP contribution is -2.36. The number of nitrogens with zero attached hydrogens (tertiary/aromatic N) is 1. The molecule has 0 atom stereocenters. The van der Waals surface area contributed by atoms with Gasteiger partial charge >= 0.3 is 0 Å². The highest BCUT2D eigenvalue weighted by Gasteiger charge is 2.12. The van der Waals surface area contributed by atoms with Crippen molar-refractivity contribution in [3.05, 3.63) is 0 Å². The molecule has 0 aromatic rings. The van der Waals surface area contributed by atoms with Crippen LogP contribution >= 0.6 is 0 Å². The molecule has 0 unspecified atom stereocenters. The van der Waals surface area contributed by atoms with Crippen LogP contribution in [-0.2, 0) is 9.47 Å². The van der Waals surface area contributed by atoms with Crippen LogP contribution in [0.2, 0.25) is 0 Å². The van der Waals surface area contributed by atoms with E-state index in [2.05, 4.69) is 11.8 Å². The molecule has 0 bridgehead atoms. The van der Waals surface area contributed by atoms with Crippen LogP contribution in [-0.4, -0.2) is 44.0 Å². The Morgan fingerprint density at radius 1 is 1.07 bits per heavy atom. The third-order valence-electron chi connectivity index (χ3n) is 1.74. The molecular weight excluding hydrogens is 190 g/mol. The Hall–Kier alpha value is -1.00. The van der Waals surface area contributed by atoms with Crippen molar-refractivity contribution in [3.63, 3.8) is 0 Å². The molecule has 0 aliphatic carbocycles. The summed E-state index contributed by atoms with van der Waals surface area (Å²) in [5.41, 5.74) is 0. The largest absolute Gasteiger partial charge is 0.352 e. The first-order valence-electron chi connectivity index (χ1n) is 5.10. The second kappa shape index (κ2) is 9.55. The van der Waals surface area contributed by atoms with E-state index >= 15 is 0 Å². The first-order chi connectivity index (χ1) is 7.28. The molecule has 0 saturated carbocycles. The van der Waals surface area contributed by atoms with Crippen molar-refractivity contribution in [2.75, 3.05) is 32.8 Å². The van der Waals surface area contributed by atoms with Gasteiger partial charge in [0.25, 0.3) is 0 Å². The van der Waals surface area contributed by atoms with Gasteiger partial charge in [-0.1, -0.05) is 11.8 Å². The normalized spacial score (nSPS) is 10.3. The Balaban J connectivity index is 4.08. The average Bonchev–Trinajstić information content (AvgIpc) is 2.19. The molecule has 3 nitrogen and oxygen atoms in total. The van der Waals surface area contributed by atoms with Crippen LogP contribution in [0.5, 0.6) is 0 Å². The molecule has 0 aromatic heterocycles. The SMILES string of the molecule is C#CCN(CC#C)CC(OCC)OCC. The minimum atomic E-state index is -0.248. The summed E-state index contributed by atoms with van der Waals surface area (Å²) in [6.45, 7) is 6.73. The molecule has 84 valence electrons. The summed E-state index contributed by atoms with van der Waals surface area (Å²) in [6, 6.07) is 0. The van der Waals surface area contributed by atoms with E-state index in [1.807, 2.05) is 18.7 Å². The molecule has 0 N–H and O–H groups in total. The van der Waals surface area contributed by atoms with Crippen molar-refractivity contribution in [2.24, 2.45) is 0 Å². The first-order valence-corrected chi connectivity index (χ1v) is 5.10. The highest BCUT2D eigenvalue weighted by molar-refractivity contribution is 4.94. The molecule has 0 saturated heterocycles. The molecule has 0 rings (SSSR count). The quantitative estimate of drug-likeness (QED) is 0.439. The van der Waals surface area contributed by atoms with E-state index in [4.69, 9.17) is 22.3 Å². The fourth-order valence-corrected chi connectivity index (χ4v) is 1.18. The van der Waals surface area contributed by atoms with Gasteiger partial charge in [-0.25, -0.2) is 0 Å². The maximum absolute atomic E-state index is 5.40. The lowest BCUT2D eigenvalue weighted by Gasteiger charge is -2.23. The monoisotopic (exact) mass is 209 g/mol. The number of terminal acetylenes is 2. The second-order valence-electron chi connectivity index (χ2n) is 2.92. The molecule has 3 heteroatoms. The van der Waals surface area contributed by atoms with Crippen molar-refractivity contribution in [1.82, 2.24) is 4.90 Å². The molecule has 0 aliphatic heterocycles. The highest BCUT2D eigenvalue weighted by atomic mass is 16.7. The smallest absolute Gasteiger partial charge is 0.170 e. The Bertz CT molecular complexity index is 205. The summed E-state index contributed by atoms with van der Waals surface area (Å²) in [4.78, 5) is 1.94. The minimum absolute atomic E-state index is 0.248. The van der Waals surface area contributed by atoms with Gasteiger partial charge in [-0.2, -0.15) is 0 Å². The summed E-state index contributed by atoms with van der Waals surface area (Å²) in [5.74, 6) is 5.12. The molecule has 0 aromatic carbocycles. The minimum Gasteiger partial charge on any atom is -0.352 e. The van der Waals surface area contributed by atoms with Crippen LogP contribution in [0.1, 0.15) is 13.8 Å². The molecule has 0 heterocycles. The lowest BCUT2D eigenvalue weighted by atomic mass is 10.4. The zero-order valence-electron chi connectivity index (χ0n) is 9.53. The van der Waals surface area contributed by atoms with Gasteiger partial charge in [0, 0.05) is 13.2 Å². The maximum atomic E-state index is 5.40. The molecule has 15 heavy (non-hydrogen) atoms. The predicted octanol–water partition coefficient (Wildman–Crippen LogP) is 0.954. The zero-order chi connectivity index (χ0) is 11.5. The zero-order valence-corrected chi connectivity index (χ0v) is 9.53. The maximum Gasteiger partial charge on any atom is 0.170 e. The van der Waals surface area contributed by atoms with Crippen LogP contribution < -0.4 is 0 Å². The van der Waals surface area contributed by atoms with Crippen molar-refractivity contribution in [1.29, 1.82) is 0 Å². The Labute approximate surface area is 92.7 Å². The summed E-state index contributed by atoms with van der Waals surface area (Å²) in [5, 5.41) is 0. The molecule has 0 fully saturated rings. The second-order valence-corrected chi connectivity index (χ2v) is 2.92. The lowest BCUT2D eigenvalue weighted by molar-refractivity contribution is -0.145. The Kier molecular flexibility index (Phi) is 8.91. The van der Waals surface area contributed by atoms with Crippen molar-refractivity contribution in [2.45, 2.75) is 20.1 Å². The molecule has 0 amide bonds. The first kappa shape index (κ1) is 14.0. The Morgan fingerprint density at radius 3 is 1.87 bits per heavy atom. The van der Waals surface area contributed by atoms with Crippen molar-refractivity contribution >= 4 is 0 Å². The van der Waals surface area contributed by atoms with Crippen LogP contribution in [0.25, 0.3) is 0 Å². The molecular formula is C12H19NO2. The molecule has 0 radical (unpaired) electrons.